The molecule has 1 aliphatic carbocycles. The molecule has 82 valence electrons. The first-order chi connectivity index (χ1) is 7.45. The Bertz CT molecular complexity index is 293. The topological polar surface area (TPSA) is 24.9 Å². The van der Waals surface area contributed by atoms with Crippen LogP contribution in [0.1, 0.15) is 24.3 Å². The van der Waals surface area contributed by atoms with Gasteiger partial charge in [0.25, 0.3) is 0 Å². The van der Waals surface area contributed by atoms with Gasteiger partial charge >= 0.3 is 0 Å². The first-order valence-corrected chi connectivity index (χ1v) is 6.57. The zero-order chi connectivity index (χ0) is 10.3. The quantitative estimate of drug-likeness (QED) is 0.612. The van der Waals surface area contributed by atoms with Crippen LogP contribution in [0, 0.1) is 5.92 Å². The minimum absolute atomic E-state index is 0.853. The van der Waals surface area contributed by atoms with Crippen LogP contribution >= 0.6 is 11.3 Å². The summed E-state index contributed by atoms with van der Waals surface area (Å²) in [6, 6.07) is 0. The Balaban J connectivity index is 1.57. The molecule has 1 heterocycles. The molecule has 1 atom stereocenters. The van der Waals surface area contributed by atoms with Crippen molar-refractivity contribution in [3.05, 3.63) is 28.7 Å². The highest BCUT2D eigenvalue weighted by molar-refractivity contribution is 7.09. The lowest BCUT2D eigenvalue weighted by atomic mass is 9.94. The number of aromatic nitrogens is 1. The third kappa shape index (κ3) is 3.76. The van der Waals surface area contributed by atoms with Crippen LogP contribution in [0.4, 0.5) is 0 Å². The second kappa shape index (κ2) is 6.03. The van der Waals surface area contributed by atoms with Crippen LogP contribution in [0.2, 0.25) is 0 Å². The van der Waals surface area contributed by atoms with Gasteiger partial charge in [-0.1, -0.05) is 12.2 Å². The van der Waals surface area contributed by atoms with E-state index in [4.69, 9.17) is 0 Å². The molecule has 0 aliphatic heterocycles. The SMILES string of the molecule is C1=CCC(CNCCc2nccs2)CC1. The molecule has 1 N–H and O–H groups in total. The summed E-state index contributed by atoms with van der Waals surface area (Å²) in [5.74, 6) is 0.853. The monoisotopic (exact) mass is 222 g/mol. The standard InChI is InChI=1S/C12H18N2S/c1-2-4-11(5-3-1)10-13-7-6-12-14-8-9-15-12/h1-2,8-9,11,13H,3-7,10H2. The van der Waals surface area contributed by atoms with Gasteiger partial charge in [-0.15, -0.1) is 11.3 Å². The molecule has 0 aromatic carbocycles. The highest BCUT2D eigenvalue weighted by atomic mass is 32.1. The molecule has 15 heavy (non-hydrogen) atoms. The van der Waals surface area contributed by atoms with Crippen LogP contribution in [-0.4, -0.2) is 18.1 Å². The minimum atomic E-state index is 0.853. The number of nitrogens with zero attached hydrogens (tertiary/aromatic N) is 1. The van der Waals surface area contributed by atoms with Gasteiger partial charge in [-0.05, 0) is 31.7 Å². The number of hydrogen-bond acceptors (Lipinski definition) is 3. The number of rotatable bonds is 5. The fourth-order valence-electron chi connectivity index (χ4n) is 1.92. The molecule has 1 aliphatic rings. The third-order valence-electron chi connectivity index (χ3n) is 2.81. The molecule has 0 fully saturated rings. The van der Waals surface area contributed by atoms with Crippen molar-refractivity contribution >= 4 is 11.3 Å². The van der Waals surface area contributed by atoms with Gasteiger partial charge in [-0.2, -0.15) is 0 Å². The number of allylic oxidation sites excluding steroid dienone is 2. The summed E-state index contributed by atoms with van der Waals surface area (Å²) in [7, 11) is 0. The van der Waals surface area contributed by atoms with E-state index in [1.807, 2.05) is 11.6 Å². The molecule has 1 aromatic rings. The molecule has 0 saturated heterocycles. The largest absolute Gasteiger partial charge is 0.316 e. The molecule has 1 aromatic heterocycles. The van der Waals surface area contributed by atoms with Crippen molar-refractivity contribution < 1.29 is 0 Å². The van der Waals surface area contributed by atoms with Gasteiger partial charge in [-0.25, -0.2) is 4.98 Å². The van der Waals surface area contributed by atoms with E-state index in [1.165, 1.54) is 24.3 Å². The van der Waals surface area contributed by atoms with Crippen molar-refractivity contribution in [2.24, 2.45) is 5.92 Å². The predicted octanol–water partition coefficient (Wildman–Crippen LogP) is 2.63. The highest BCUT2D eigenvalue weighted by Gasteiger charge is 2.08. The molecule has 0 bridgehead atoms. The zero-order valence-corrected chi connectivity index (χ0v) is 9.80. The lowest BCUT2D eigenvalue weighted by Crippen LogP contribution is -2.25. The van der Waals surface area contributed by atoms with Gasteiger partial charge in [0, 0.05) is 24.5 Å². The molecule has 3 heteroatoms. The molecule has 1 unspecified atom stereocenters. The second-order valence-corrected chi connectivity index (χ2v) is 5.01. The van der Waals surface area contributed by atoms with E-state index < -0.39 is 0 Å². The van der Waals surface area contributed by atoms with E-state index in [0.29, 0.717) is 0 Å². The highest BCUT2D eigenvalue weighted by Crippen LogP contribution is 2.16. The molecule has 0 radical (unpaired) electrons. The Kier molecular flexibility index (Phi) is 4.36. The molecule has 0 amide bonds. The van der Waals surface area contributed by atoms with Gasteiger partial charge in [-0.3, -0.25) is 0 Å². The Morgan fingerprint density at radius 3 is 3.20 bits per heavy atom. The second-order valence-electron chi connectivity index (χ2n) is 4.03. The normalized spacial score (nSPS) is 20.7. The summed E-state index contributed by atoms with van der Waals surface area (Å²) < 4.78 is 0. The molecule has 0 saturated carbocycles. The van der Waals surface area contributed by atoms with Crippen molar-refractivity contribution in [2.45, 2.75) is 25.7 Å². The van der Waals surface area contributed by atoms with Crippen molar-refractivity contribution in [1.29, 1.82) is 0 Å². The van der Waals surface area contributed by atoms with E-state index in [0.717, 1.165) is 25.4 Å². The first kappa shape index (κ1) is 10.8. The Hall–Kier alpha value is -0.670. The summed E-state index contributed by atoms with van der Waals surface area (Å²) in [4.78, 5) is 4.27. The fourth-order valence-corrected chi connectivity index (χ4v) is 2.54. The van der Waals surface area contributed by atoms with Crippen LogP contribution in [0.5, 0.6) is 0 Å². The number of thiazole rings is 1. The van der Waals surface area contributed by atoms with Crippen molar-refractivity contribution in [1.82, 2.24) is 10.3 Å². The third-order valence-corrected chi connectivity index (χ3v) is 3.65. The van der Waals surface area contributed by atoms with E-state index >= 15 is 0 Å². The van der Waals surface area contributed by atoms with Crippen LogP contribution in [0.15, 0.2) is 23.7 Å². The summed E-state index contributed by atoms with van der Waals surface area (Å²) in [6.07, 6.45) is 11.4. The fraction of sp³-hybridized carbons (Fsp3) is 0.583. The smallest absolute Gasteiger partial charge is 0.0937 e. The molecular weight excluding hydrogens is 204 g/mol. The molecular formula is C12H18N2S. The Labute approximate surface area is 95.4 Å². The van der Waals surface area contributed by atoms with E-state index in [2.05, 4.69) is 22.5 Å². The van der Waals surface area contributed by atoms with Gasteiger partial charge in [0.2, 0.25) is 0 Å². The summed E-state index contributed by atoms with van der Waals surface area (Å²) >= 11 is 1.75. The predicted molar refractivity (Wildman–Crippen MR) is 65.2 cm³/mol. The Morgan fingerprint density at radius 1 is 1.47 bits per heavy atom. The maximum absolute atomic E-state index is 4.27. The maximum atomic E-state index is 4.27. The van der Waals surface area contributed by atoms with Crippen LogP contribution in [-0.2, 0) is 6.42 Å². The lowest BCUT2D eigenvalue weighted by Gasteiger charge is -2.17. The summed E-state index contributed by atoms with van der Waals surface area (Å²) in [6.45, 7) is 2.23. The van der Waals surface area contributed by atoms with Gasteiger partial charge in [0.05, 0.1) is 5.01 Å². The van der Waals surface area contributed by atoms with E-state index in [9.17, 15) is 0 Å². The van der Waals surface area contributed by atoms with Crippen molar-refractivity contribution in [3.8, 4) is 0 Å². The zero-order valence-electron chi connectivity index (χ0n) is 8.98. The number of nitrogens with one attached hydrogen (secondary N) is 1. The van der Waals surface area contributed by atoms with Crippen molar-refractivity contribution in [3.63, 3.8) is 0 Å². The molecule has 2 nitrogen and oxygen atoms in total. The van der Waals surface area contributed by atoms with Crippen LogP contribution in [0.3, 0.4) is 0 Å². The average molecular weight is 222 g/mol. The van der Waals surface area contributed by atoms with Gasteiger partial charge in [0.15, 0.2) is 0 Å². The van der Waals surface area contributed by atoms with Crippen LogP contribution in [0.25, 0.3) is 0 Å². The lowest BCUT2D eigenvalue weighted by molar-refractivity contribution is 0.442. The van der Waals surface area contributed by atoms with Gasteiger partial charge < -0.3 is 5.32 Å². The maximum Gasteiger partial charge on any atom is 0.0937 e. The first-order valence-electron chi connectivity index (χ1n) is 5.69. The van der Waals surface area contributed by atoms with Crippen LogP contribution < -0.4 is 5.32 Å². The minimum Gasteiger partial charge on any atom is -0.316 e. The van der Waals surface area contributed by atoms with E-state index in [1.54, 1.807) is 11.3 Å². The van der Waals surface area contributed by atoms with Crippen molar-refractivity contribution in [2.75, 3.05) is 13.1 Å². The summed E-state index contributed by atoms with van der Waals surface area (Å²) in [5.41, 5.74) is 0. The summed E-state index contributed by atoms with van der Waals surface area (Å²) in [5, 5.41) is 6.81. The van der Waals surface area contributed by atoms with Gasteiger partial charge in [0.1, 0.15) is 0 Å². The molecule has 0 spiro atoms. The Morgan fingerprint density at radius 2 is 2.47 bits per heavy atom. The number of hydrogen-bond donors (Lipinski definition) is 1. The van der Waals surface area contributed by atoms with E-state index in [-0.39, 0.29) is 0 Å². The average Bonchev–Trinajstić information content (AvgIpc) is 2.79. The molecule has 2 rings (SSSR count).